The maximum atomic E-state index is 2.47. The average molecular weight is 599 g/mol. The zero-order valence-electron chi connectivity index (χ0n) is 25.7. The maximum absolute atomic E-state index is 2.47. The molecule has 2 nitrogen and oxygen atoms in total. The van der Waals surface area contributed by atoms with Crippen LogP contribution in [0.1, 0.15) is 22.3 Å². The molecule has 1 heterocycles. The first-order chi connectivity index (χ1) is 23.3. The molecule has 0 saturated carbocycles. The Kier molecular flexibility index (Phi) is 5.53. The first-order valence-corrected chi connectivity index (χ1v) is 16.3. The van der Waals surface area contributed by atoms with Crippen molar-refractivity contribution in [2.45, 2.75) is 5.41 Å². The molecule has 2 heteroatoms. The third-order valence-electron chi connectivity index (χ3n) is 10.2. The Labute approximate surface area is 274 Å². The van der Waals surface area contributed by atoms with Crippen molar-refractivity contribution >= 4 is 55.7 Å². The van der Waals surface area contributed by atoms with Crippen LogP contribution in [-0.4, -0.2) is 0 Å². The predicted molar refractivity (Wildman–Crippen MR) is 196 cm³/mol. The van der Waals surface area contributed by atoms with Crippen molar-refractivity contribution in [2.24, 2.45) is 0 Å². The fourth-order valence-electron chi connectivity index (χ4n) is 8.40. The molecule has 0 bridgehead atoms. The van der Waals surface area contributed by atoms with Crippen LogP contribution in [0, 0.1) is 0 Å². The van der Waals surface area contributed by atoms with Gasteiger partial charge in [-0.15, -0.1) is 0 Å². The normalized spacial score (nSPS) is 13.7. The Bertz CT molecular complexity index is 2330. The van der Waals surface area contributed by atoms with E-state index in [1.807, 2.05) is 0 Å². The lowest BCUT2D eigenvalue weighted by Gasteiger charge is -2.45. The van der Waals surface area contributed by atoms with Crippen molar-refractivity contribution in [1.82, 2.24) is 0 Å². The van der Waals surface area contributed by atoms with Crippen LogP contribution in [0.4, 0.5) is 34.1 Å². The molecule has 0 atom stereocenters. The number of anilines is 6. The smallest absolute Gasteiger partial charge is 0.0754 e. The molecule has 0 aromatic heterocycles. The van der Waals surface area contributed by atoms with Gasteiger partial charge in [-0.3, -0.25) is 0 Å². The lowest BCUT2D eigenvalue weighted by Crippen LogP contribution is -2.36. The van der Waals surface area contributed by atoms with Crippen molar-refractivity contribution in [3.8, 4) is 0 Å². The summed E-state index contributed by atoms with van der Waals surface area (Å²) in [6, 6.07) is 66.6. The van der Waals surface area contributed by atoms with E-state index in [0.29, 0.717) is 0 Å². The number of benzene rings is 8. The summed E-state index contributed by atoms with van der Waals surface area (Å²) in [6.07, 6.45) is 0. The van der Waals surface area contributed by atoms with Gasteiger partial charge in [-0.1, -0.05) is 127 Å². The zero-order valence-corrected chi connectivity index (χ0v) is 25.7. The summed E-state index contributed by atoms with van der Waals surface area (Å²) >= 11 is 0. The summed E-state index contributed by atoms with van der Waals surface area (Å²) in [6.45, 7) is 0. The number of rotatable bonds is 4. The van der Waals surface area contributed by atoms with Gasteiger partial charge in [0, 0.05) is 22.7 Å². The van der Waals surface area contributed by atoms with Crippen molar-refractivity contribution in [3.63, 3.8) is 0 Å². The molecule has 0 unspecified atom stereocenters. The Hall–Kier alpha value is -6.12. The number of hydrogen-bond acceptors (Lipinski definition) is 2. The van der Waals surface area contributed by atoms with Crippen LogP contribution in [0.2, 0.25) is 0 Å². The lowest BCUT2D eigenvalue weighted by molar-refractivity contribution is 0.755. The Morgan fingerprint density at radius 2 is 0.809 bits per heavy atom. The zero-order chi connectivity index (χ0) is 31.0. The molecular formula is C45H30N2. The van der Waals surface area contributed by atoms with E-state index in [0.717, 1.165) is 22.7 Å². The van der Waals surface area contributed by atoms with Crippen LogP contribution < -0.4 is 9.80 Å². The number of para-hydroxylation sites is 4. The van der Waals surface area contributed by atoms with Gasteiger partial charge in [-0.25, -0.2) is 0 Å². The van der Waals surface area contributed by atoms with E-state index in [2.05, 4.69) is 192 Å². The minimum atomic E-state index is -0.426. The molecule has 47 heavy (non-hydrogen) atoms. The fraction of sp³-hybridized carbons (Fsp3) is 0.0222. The molecule has 10 rings (SSSR count). The van der Waals surface area contributed by atoms with Gasteiger partial charge in [-0.2, -0.15) is 0 Å². The molecule has 0 N–H and O–H groups in total. The van der Waals surface area contributed by atoms with Crippen LogP contribution >= 0.6 is 0 Å². The van der Waals surface area contributed by atoms with E-state index < -0.39 is 5.41 Å². The summed E-state index contributed by atoms with van der Waals surface area (Å²) in [4.78, 5) is 4.80. The van der Waals surface area contributed by atoms with Gasteiger partial charge >= 0.3 is 0 Å². The predicted octanol–water partition coefficient (Wildman–Crippen LogP) is 11.9. The molecule has 0 saturated heterocycles. The van der Waals surface area contributed by atoms with Gasteiger partial charge in [0.1, 0.15) is 0 Å². The quantitative estimate of drug-likeness (QED) is 0.186. The van der Waals surface area contributed by atoms with Crippen molar-refractivity contribution in [3.05, 3.63) is 204 Å². The highest BCUT2D eigenvalue weighted by Gasteiger charge is 2.50. The first-order valence-electron chi connectivity index (χ1n) is 16.3. The van der Waals surface area contributed by atoms with Gasteiger partial charge in [0.25, 0.3) is 0 Å². The summed E-state index contributed by atoms with van der Waals surface area (Å²) in [5, 5.41) is 5.35. The van der Waals surface area contributed by atoms with Crippen LogP contribution in [-0.2, 0) is 5.41 Å². The lowest BCUT2D eigenvalue weighted by atomic mass is 9.64. The largest absolute Gasteiger partial charge is 0.310 e. The molecule has 2 aliphatic rings. The highest BCUT2D eigenvalue weighted by Crippen LogP contribution is 2.63. The number of hydrogen-bond donors (Lipinski definition) is 0. The molecule has 0 fully saturated rings. The summed E-state index contributed by atoms with van der Waals surface area (Å²) in [5.41, 5.74) is 11.8. The van der Waals surface area contributed by atoms with E-state index in [-0.39, 0.29) is 0 Å². The highest BCUT2D eigenvalue weighted by molar-refractivity contribution is 6.17. The molecule has 1 spiro atoms. The van der Waals surface area contributed by atoms with Crippen molar-refractivity contribution in [1.29, 1.82) is 0 Å². The van der Waals surface area contributed by atoms with E-state index in [1.54, 1.807) is 0 Å². The minimum Gasteiger partial charge on any atom is -0.310 e. The van der Waals surface area contributed by atoms with Crippen LogP contribution in [0.15, 0.2) is 182 Å². The van der Waals surface area contributed by atoms with Crippen molar-refractivity contribution < 1.29 is 0 Å². The fourth-order valence-corrected chi connectivity index (χ4v) is 8.40. The van der Waals surface area contributed by atoms with Gasteiger partial charge in [0.05, 0.1) is 16.8 Å². The highest BCUT2D eigenvalue weighted by atomic mass is 15.2. The average Bonchev–Trinajstić information content (AvgIpc) is 3.44. The van der Waals surface area contributed by atoms with Crippen LogP contribution in [0.5, 0.6) is 0 Å². The standard InChI is InChI=1S/C45H30N2/c1-3-16-33(17-4-1)46(34-18-5-2-6-19-34)35-20-13-21-36(30-35)47-41-26-9-7-22-37(41)45(38-23-8-10-27-42(38)47)39-24-11-14-31-28-29-32-15-12-25-40(45)44(32)43(31)39/h1-30H. The molecular weight excluding hydrogens is 569 g/mol. The van der Waals surface area contributed by atoms with Gasteiger partial charge in [0.15, 0.2) is 0 Å². The Morgan fingerprint density at radius 1 is 0.362 bits per heavy atom. The van der Waals surface area contributed by atoms with E-state index in [9.17, 15) is 0 Å². The second kappa shape index (κ2) is 9.94. The third-order valence-corrected chi connectivity index (χ3v) is 10.2. The minimum absolute atomic E-state index is 0.426. The topological polar surface area (TPSA) is 6.48 Å². The summed E-state index contributed by atoms with van der Waals surface area (Å²) in [5.74, 6) is 0. The van der Waals surface area contributed by atoms with Gasteiger partial charge in [-0.05, 0) is 98.4 Å². The van der Waals surface area contributed by atoms with Gasteiger partial charge in [0.2, 0.25) is 0 Å². The number of nitrogens with zero attached hydrogens (tertiary/aromatic N) is 2. The monoisotopic (exact) mass is 598 g/mol. The summed E-state index contributed by atoms with van der Waals surface area (Å²) in [7, 11) is 0. The van der Waals surface area contributed by atoms with Crippen LogP contribution in [0.3, 0.4) is 0 Å². The number of fused-ring (bicyclic) bond motifs is 6. The molecule has 1 aliphatic heterocycles. The second-order valence-electron chi connectivity index (χ2n) is 12.5. The van der Waals surface area contributed by atoms with Crippen LogP contribution in [0.25, 0.3) is 21.5 Å². The molecule has 220 valence electrons. The van der Waals surface area contributed by atoms with E-state index in [4.69, 9.17) is 0 Å². The maximum Gasteiger partial charge on any atom is 0.0754 e. The summed E-state index contributed by atoms with van der Waals surface area (Å²) < 4.78 is 0. The molecule has 1 aliphatic carbocycles. The molecule has 0 amide bonds. The van der Waals surface area contributed by atoms with E-state index in [1.165, 1.54) is 55.2 Å². The molecule has 8 aromatic rings. The van der Waals surface area contributed by atoms with E-state index >= 15 is 0 Å². The Balaban J connectivity index is 1.24. The van der Waals surface area contributed by atoms with Gasteiger partial charge < -0.3 is 9.80 Å². The SMILES string of the molecule is c1ccc(N(c2ccccc2)c2cccc(N3c4ccccc4C4(c5ccccc53)c3cccc5ccc6cccc4c6c35)c2)cc1. The Morgan fingerprint density at radius 3 is 1.36 bits per heavy atom. The second-order valence-corrected chi connectivity index (χ2v) is 12.5. The molecule has 8 aromatic carbocycles. The molecule has 0 radical (unpaired) electrons. The third kappa shape index (κ3) is 3.55. The first kappa shape index (κ1) is 26.1. The van der Waals surface area contributed by atoms with Crippen molar-refractivity contribution in [2.75, 3.05) is 9.80 Å².